The molecule has 4 rings (SSSR count). The zero-order chi connectivity index (χ0) is 23.6. The molecule has 0 N–H and O–H groups in total. The lowest BCUT2D eigenvalue weighted by molar-refractivity contribution is -0.313. The van der Waals surface area contributed by atoms with E-state index in [1.807, 2.05) is 42.5 Å². The van der Waals surface area contributed by atoms with Crippen molar-refractivity contribution >= 4 is 5.97 Å². The van der Waals surface area contributed by atoms with Crippen molar-refractivity contribution in [3.63, 3.8) is 0 Å². The summed E-state index contributed by atoms with van der Waals surface area (Å²) in [5.74, 6) is 0.564. The van der Waals surface area contributed by atoms with Crippen LogP contribution in [0.3, 0.4) is 0 Å². The van der Waals surface area contributed by atoms with E-state index in [2.05, 4.69) is 39.7 Å². The maximum Gasteiger partial charge on any atom is 0.338 e. The molecule has 0 saturated carbocycles. The molecule has 2 atom stereocenters. The molecular weight excluding hydrogens is 418 g/mol. The number of nitrogens with zero attached hydrogens (tertiary/aromatic N) is 1. The number of ether oxygens (including phenoxy) is 3. The Bertz CT molecular complexity index is 919. The highest BCUT2D eigenvalue weighted by Crippen LogP contribution is 2.42. The van der Waals surface area contributed by atoms with Gasteiger partial charge < -0.3 is 14.2 Å². The number of esters is 1. The molecule has 2 aromatic carbocycles. The maximum absolute atomic E-state index is 12.6. The molecule has 0 bridgehead atoms. The summed E-state index contributed by atoms with van der Waals surface area (Å²) in [5.41, 5.74) is 1.03. The second-order valence-corrected chi connectivity index (χ2v) is 10.3. The van der Waals surface area contributed by atoms with Gasteiger partial charge in [-0.1, -0.05) is 30.3 Å². The van der Waals surface area contributed by atoms with Crippen molar-refractivity contribution < 1.29 is 23.8 Å². The van der Waals surface area contributed by atoms with Crippen molar-refractivity contribution in [1.29, 1.82) is 0 Å². The fourth-order valence-electron chi connectivity index (χ4n) is 4.74. The van der Waals surface area contributed by atoms with E-state index in [0.29, 0.717) is 25.0 Å². The van der Waals surface area contributed by atoms with Crippen molar-refractivity contribution in [3.05, 3.63) is 65.7 Å². The van der Waals surface area contributed by atoms with Crippen molar-refractivity contribution in [1.82, 2.24) is 5.06 Å². The van der Waals surface area contributed by atoms with Gasteiger partial charge in [0.05, 0.1) is 12.2 Å². The molecular formula is C27H35NO5. The molecule has 178 valence electrons. The predicted molar refractivity (Wildman–Crippen MR) is 126 cm³/mol. The summed E-state index contributed by atoms with van der Waals surface area (Å²) < 4.78 is 16.8. The van der Waals surface area contributed by atoms with Crippen LogP contribution < -0.4 is 4.74 Å². The van der Waals surface area contributed by atoms with Gasteiger partial charge in [-0.15, -0.1) is 0 Å². The highest BCUT2D eigenvalue weighted by molar-refractivity contribution is 5.89. The number of benzene rings is 2. The standard InChI is InChI=1S/C27H35NO5/c1-19(20-11-13-22(14-12-20)30-17-24-18-31-24)33-28-26(2,3)15-23(16-27(28,4)5)32-25(29)21-9-7-6-8-10-21/h6-14,19,23-24H,15-18H2,1-5H3. The molecule has 0 amide bonds. The smallest absolute Gasteiger partial charge is 0.338 e. The third-order valence-electron chi connectivity index (χ3n) is 6.29. The Morgan fingerprint density at radius 2 is 1.64 bits per heavy atom. The topological polar surface area (TPSA) is 60.5 Å². The highest BCUT2D eigenvalue weighted by Gasteiger charge is 2.48. The minimum atomic E-state index is -0.315. The molecule has 6 heteroatoms. The van der Waals surface area contributed by atoms with E-state index in [1.54, 1.807) is 12.1 Å². The van der Waals surface area contributed by atoms with Crippen LogP contribution in [0.1, 0.15) is 69.5 Å². The summed E-state index contributed by atoms with van der Waals surface area (Å²) in [4.78, 5) is 19.1. The summed E-state index contributed by atoms with van der Waals surface area (Å²) in [6.07, 6.45) is 1.32. The van der Waals surface area contributed by atoms with Gasteiger partial charge in [-0.2, -0.15) is 5.06 Å². The Hall–Kier alpha value is -2.41. The second-order valence-electron chi connectivity index (χ2n) is 10.3. The van der Waals surface area contributed by atoms with Crippen LogP contribution in [0.15, 0.2) is 54.6 Å². The second kappa shape index (κ2) is 9.45. The van der Waals surface area contributed by atoms with Gasteiger partial charge in [0.2, 0.25) is 0 Å². The summed E-state index contributed by atoms with van der Waals surface area (Å²) in [7, 11) is 0. The van der Waals surface area contributed by atoms with Gasteiger partial charge in [0, 0.05) is 23.9 Å². The number of carbonyl (C=O) groups is 1. The van der Waals surface area contributed by atoms with Crippen molar-refractivity contribution in [3.8, 4) is 5.75 Å². The molecule has 33 heavy (non-hydrogen) atoms. The predicted octanol–water partition coefficient (Wildman–Crippen LogP) is 5.34. The van der Waals surface area contributed by atoms with Crippen molar-refractivity contribution in [2.75, 3.05) is 13.2 Å². The van der Waals surface area contributed by atoms with Gasteiger partial charge in [0.15, 0.2) is 0 Å². The van der Waals surface area contributed by atoms with E-state index in [9.17, 15) is 4.79 Å². The monoisotopic (exact) mass is 453 g/mol. The molecule has 2 unspecified atom stereocenters. The molecule has 0 radical (unpaired) electrons. The first-order valence-electron chi connectivity index (χ1n) is 11.7. The van der Waals surface area contributed by atoms with Crippen LogP contribution in [0, 0.1) is 0 Å². The van der Waals surface area contributed by atoms with E-state index < -0.39 is 0 Å². The number of epoxide rings is 1. The Morgan fingerprint density at radius 1 is 1.03 bits per heavy atom. The number of piperidine rings is 1. The van der Waals surface area contributed by atoms with Crippen LogP contribution >= 0.6 is 0 Å². The molecule has 2 aliphatic rings. The lowest BCUT2D eigenvalue weighted by Gasteiger charge is -2.54. The summed E-state index contributed by atoms with van der Waals surface area (Å²) in [5, 5.41) is 2.09. The molecule has 6 nitrogen and oxygen atoms in total. The van der Waals surface area contributed by atoms with Gasteiger partial charge >= 0.3 is 5.97 Å². The van der Waals surface area contributed by atoms with E-state index in [0.717, 1.165) is 17.9 Å². The van der Waals surface area contributed by atoms with E-state index in [-0.39, 0.29) is 35.4 Å². The van der Waals surface area contributed by atoms with Gasteiger partial charge in [-0.05, 0) is 64.4 Å². The molecule has 0 aliphatic carbocycles. The first-order chi connectivity index (χ1) is 15.6. The molecule has 2 saturated heterocycles. The largest absolute Gasteiger partial charge is 0.491 e. The number of hydroxylamine groups is 2. The number of hydrogen-bond acceptors (Lipinski definition) is 6. The van der Waals surface area contributed by atoms with Crippen LogP contribution in [-0.4, -0.2) is 47.5 Å². The van der Waals surface area contributed by atoms with Crippen molar-refractivity contribution in [2.45, 2.75) is 76.9 Å². The quantitative estimate of drug-likeness (QED) is 0.397. The average molecular weight is 454 g/mol. The maximum atomic E-state index is 12.6. The third-order valence-corrected chi connectivity index (χ3v) is 6.29. The Balaban J connectivity index is 1.38. The highest BCUT2D eigenvalue weighted by atomic mass is 16.7. The van der Waals surface area contributed by atoms with Crippen LogP contribution in [0.25, 0.3) is 0 Å². The fourth-order valence-corrected chi connectivity index (χ4v) is 4.74. The van der Waals surface area contributed by atoms with Gasteiger partial charge in [-0.25, -0.2) is 4.79 Å². The fraction of sp³-hybridized carbons (Fsp3) is 0.519. The zero-order valence-electron chi connectivity index (χ0n) is 20.2. The SMILES string of the molecule is CC(ON1C(C)(C)CC(OC(=O)c2ccccc2)CC1(C)C)c1ccc(OCC2CO2)cc1. The minimum Gasteiger partial charge on any atom is -0.491 e. The molecule has 2 heterocycles. The van der Waals surface area contributed by atoms with Gasteiger partial charge in [0.25, 0.3) is 0 Å². The lowest BCUT2D eigenvalue weighted by Crippen LogP contribution is -2.62. The van der Waals surface area contributed by atoms with E-state index >= 15 is 0 Å². The molecule has 0 aromatic heterocycles. The van der Waals surface area contributed by atoms with Crippen LogP contribution in [0.2, 0.25) is 0 Å². The summed E-state index contributed by atoms with van der Waals surface area (Å²) >= 11 is 0. The molecule has 2 aromatic rings. The first-order valence-corrected chi connectivity index (χ1v) is 11.7. The van der Waals surface area contributed by atoms with Crippen LogP contribution in [-0.2, 0) is 14.3 Å². The summed E-state index contributed by atoms with van der Waals surface area (Å²) in [6, 6.07) is 17.2. The molecule has 2 aliphatic heterocycles. The van der Waals surface area contributed by atoms with E-state index in [1.165, 1.54) is 0 Å². The molecule has 2 fully saturated rings. The van der Waals surface area contributed by atoms with Gasteiger partial charge in [0.1, 0.15) is 30.7 Å². The normalized spacial score (nSPS) is 23.0. The lowest BCUT2D eigenvalue weighted by atomic mass is 9.80. The number of hydrogen-bond donors (Lipinski definition) is 0. The minimum absolute atomic E-state index is 0.132. The Morgan fingerprint density at radius 3 is 2.21 bits per heavy atom. The number of carbonyl (C=O) groups excluding carboxylic acids is 1. The van der Waals surface area contributed by atoms with Gasteiger partial charge in [-0.3, -0.25) is 4.84 Å². The third kappa shape index (κ3) is 5.94. The average Bonchev–Trinajstić information content (AvgIpc) is 3.60. The van der Waals surface area contributed by atoms with Crippen molar-refractivity contribution in [2.24, 2.45) is 0 Å². The van der Waals surface area contributed by atoms with Crippen LogP contribution in [0.4, 0.5) is 0 Å². The molecule has 0 spiro atoms. The summed E-state index contributed by atoms with van der Waals surface area (Å²) in [6.45, 7) is 12.0. The Labute approximate surface area is 196 Å². The van der Waals surface area contributed by atoms with E-state index in [4.69, 9.17) is 19.0 Å². The number of rotatable bonds is 8. The Kier molecular flexibility index (Phi) is 6.80. The first kappa shape index (κ1) is 23.7. The van der Waals surface area contributed by atoms with Crippen LogP contribution in [0.5, 0.6) is 5.75 Å². The zero-order valence-corrected chi connectivity index (χ0v) is 20.2.